The first-order valence-electron chi connectivity index (χ1n) is 24.6. The highest BCUT2D eigenvalue weighted by Gasteiger charge is 2.34. The molecule has 6 heterocycles. The van der Waals surface area contributed by atoms with Gasteiger partial charge in [-0.3, -0.25) is 15.0 Å². The summed E-state index contributed by atoms with van der Waals surface area (Å²) in [4.78, 5) is 14.4. The Labute approximate surface area is 420 Å². The van der Waals surface area contributed by atoms with Crippen LogP contribution in [0, 0.1) is 11.8 Å². The summed E-state index contributed by atoms with van der Waals surface area (Å²) in [6.45, 7) is 6.57. The molecule has 0 spiro atoms. The molecule has 6 nitrogen and oxygen atoms in total. The topological polar surface area (TPSA) is 74.8 Å². The molecule has 3 N–H and O–H groups in total. The number of nitrogens with one attached hydrogen (secondary N) is 3. The van der Waals surface area contributed by atoms with E-state index in [0.717, 1.165) is 110 Å². The number of pyridine rings is 3. The zero-order valence-electron chi connectivity index (χ0n) is 38.2. The summed E-state index contributed by atoms with van der Waals surface area (Å²) in [5.74, 6) is 2.15. The third-order valence-corrected chi connectivity index (χ3v) is 16.2. The number of fused-ring (bicyclic) bond motifs is 6. The largest absolute Gasteiger partial charge is 0.317 e. The Balaban J connectivity index is 0.000000118. The van der Waals surface area contributed by atoms with Gasteiger partial charge < -0.3 is 16.0 Å². The van der Waals surface area contributed by atoms with Crippen molar-refractivity contribution in [2.45, 2.75) is 88.9 Å². The van der Waals surface area contributed by atoms with E-state index in [-0.39, 0.29) is 0 Å². The van der Waals surface area contributed by atoms with Gasteiger partial charge in [0, 0.05) is 55.5 Å². The highest BCUT2D eigenvalue weighted by molar-refractivity contribution is 9.10. The lowest BCUT2D eigenvalue weighted by atomic mass is 9.77. The lowest BCUT2D eigenvalue weighted by Crippen LogP contribution is -2.31. The van der Waals surface area contributed by atoms with E-state index >= 15 is 0 Å². The first-order valence-corrected chi connectivity index (χ1v) is 26.5. The van der Waals surface area contributed by atoms with Gasteiger partial charge in [-0.1, -0.05) is 70.7 Å². The first-order chi connectivity index (χ1) is 32.9. The molecule has 3 aromatic heterocycles. The van der Waals surface area contributed by atoms with Crippen molar-refractivity contribution in [3.63, 3.8) is 0 Å². The monoisotopic (exact) mass is 1010 g/mol. The van der Waals surface area contributed by atoms with E-state index in [2.05, 4.69) is 92.5 Å². The highest BCUT2D eigenvalue weighted by Crippen LogP contribution is 2.44. The van der Waals surface area contributed by atoms with Gasteiger partial charge in [-0.05, 0) is 249 Å². The Hall–Kier alpha value is -3.92. The third-order valence-electron chi connectivity index (χ3n) is 15.1. The van der Waals surface area contributed by atoms with E-state index in [1.807, 2.05) is 42.9 Å². The Kier molecular flexibility index (Phi) is 15.2. The summed E-state index contributed by atoms with van der Waals surface area (Å²) in [6.07, 6.45) is 19.2. The molecule has 346 valence electrons. The van der Waals surface area contributed by atoms with Crippen LogP contribution < -0.4 is 16.0 Å². The Morgan fingerprint density at radius 3 is 1.60 bits per heavy atom. The van der Waals surface area contributed by atoms with Gasteiger partial charge in [0.1, 0.15) is 0 Å². The number of rotatable bonds is 2. The van der Waals surface area contributed by atoms with Crippen molar-refractivity contribution in [1.29, 1.82) is 0 Å². The zero-order chi connectivity index (χ0) is 45.7. The minimum Gasteiger partial charge on any atom is -0.317 e. The quantitative estimate of drug-likeness (QED) is 0.160. The fraction of sp³-hybridized carbons (Fsp3) is 0.386. The second-order valence-corrected chi connectivity index (χ2v) is 21.3. The van der Waals surface area contributed by atoms with Crippen LogP contribution in [-0.2, 0) is 38.5 Å². The molecule has 3 saturated heterocycles. The molecule has 3 aromatic carbocycles. The number of halogens is 4. The lowest BCUT2D eigenvalue weighted by Gasteiger charge is -2.32. The second-order valence-electron chi connectivity index (χ2n) is 19.1. The van der Waals surface area contributed by atoms with Crippen LogP contribution in [0.25, 0.3) is 5.57 Å². The fourth-order valence-corrected chi connectivity index (χ4v) is 12.8. The minimum atomic E-state index is 0.398. The fourth-order valence-electron chi connectivity index (χ4n) is 11.9. The molecule has 6 aromatic rings. The molecular formula is C57H60BrCl3N6. The molecule has 0 radical (unpaired) electrons. The predicted octanol–water partition coefficient (Wildman–Crippen LogP) is 12.7. The third kappa shape index (κ3) is 10.6. The maximum Gasteiger partial charge on any atom is 0.0739 e. The van der Waals surface area contributed by atoms with E-state index in [4.69, 9.17) is 49.8 Å². The summed E-state index contributed by atoms with van der Waals surface area (Å²) < 4.78 is 1.07. The summed E-state index contributed by atoms with van der Waals surface area (Å²) in [7, 11) is 0. The van der Waals surface area contributed by atoms with Crippen molar-refractivity contribution in [3.05, 3.63) is 196 Å². The standard InChI is InChI=1S/C19H20BrClN2.C19H21ClN2.C19H19ClN2/c20-15-9-14-2-1-13-10-16(21)3-4-17(13)18(19(14)23-11-15)12-5-7-22-8-6-12;2*20-16-5-6-17-15(12-16)4-3-14-2-1-9-22-19(14)18(17)13-7-10-21-11-8-13/h3-4,9-12,18,22H,1-2,5-8H2;1-2,5-6,9,12-13,18,21H,3-4,7-8,10-11H2;1-2,5-6,9,12,21H,3-4,7-8,10-11H2. The average Bonchev–Trinajstić information content (AvgIpc) is 3.71. The van der Waals surface area contributed by atoms with Crippen molar-refractivity contribution in [3.8, 4) is 0 Å². The van der Waals surface area contributed by atoms with Crippen LogP contribution in [0.1, 0.15) is 118 Å². The van der Waals surface area contributed by atoms with Gasteiger partial charge in [-0.15, -0.1) is 0 Å². The number of hydrogen-bond donors (Lipinski definition) is 3. The number of benzene rings is 3. The van der Waals surface area contributed by atoms with Crippen LogP contribution in [0.4, 0.5) is 0 Å². The highest BCUT2D eigenvalue weighted by atomic mass is 79.9. The van der Waals surface area contributed by atoms with Gasteiger partial charge in [-0.25, -0.2) is 0 Å². The molecule has 0 amide bonds. The van der Waals surface area contributed by atoms with Crippen molar-refractivity contribution < 1.29 is 0 Å². The van der Waals surface area contributed by atoms with E-state index in [1.165, 1.54) is 104 Å². The van der Waals surface area contributed by atoms with E-state index in [0.29, 0.717) is 23.7 Å². The summed E-state index contributed by atoms with van der Waals surface area (Å²) in [5.41, 5.74) is 19.2. The maximum atomic E-state index is 6.27. The van der Waals surface area contributed by atoms with Gasteiger partial charge >= 0.3 is 0 Å². The zero-order valence-corrected chi connectivity index (χ0v) is 42.1. The number of aromatic nitrogens is 3. The van der Waals surface area contributed by atoms with E-state index < -0.39 is 0 Å². The molecule has 3 aliphatic carbocycles. The molecule has 2 atom stereocenters. The normalized spacial score (nSPS) is 20.3. The minimum absolute atomic E-state index is 0.398. The van der Waals surface area contributed by atoms with Gasteiger partial charge in [0.2, 0.25) is 0 Å². The van der Waals surface area contributed by atoms with Crippen molar-refractivity contribution in [2.24, 2.45) is 11.8 Å². The van der Waals surface area contributed by atoms with Crippen LogP contribution in [0.2, 0.25) is 15.1 Å². The number of hydrogen-bond acceptors (Lipinski definition) is 6. The van der Waals surface area contributed by atoms with Crippen molar-refractivity contribution in [1.82, 2.24) is 30.9 Å². The molecule has 6 aliphatic rings. The Morgan fingerprint density at radius 2 is 0.955 bits per heavy atom. The van der Waals surface area contributed by atoms with E-state index in [9.17, 15) is 0 Å². The van der Waals surface area contributed by atoms with Crippen molar-refractivity contribution >= 4 is 56.3 Å². The SMILES string of the molecule is Clc1ccc2c(c1)CCc1cc(Br)cnc1C2C1CCNCC1.Clc1ccc2c(c1)CCc1cccnc1C2=C1CCNCC1.Clc1ccc2c(c1)CCc1cccnc1C2C1CCNCC1. The van der Waals surface area contributed by atoms with E-state index in [1.54, 1.807) is 0 Å². The van der Waals surface area contributed by atoms with Crippen LogP contribution in [0.3, 0.4) is 0 Å². The number of aryl methyl sites for hydroxylation is 6. The Morgan fingerprint density at radius 1 is 0.463 bits per heavy atom. The molecule has 0 saturated carbocycles. The van der Waals surface area contributed by atoms with Crippen LogP contribution >= 0.6 is 50.7 Å². The Bertz CT molecular complexity index is 2680. The predicted molar refractivity (Wildman–Crippen MR) is 280 cm³/mol. The maximum absolute atomic E-state index is 6.27. The van der Waals surface area contributed by atoms with Crippen LogP contribution in [0.15, 0.2) is 114 Å². The molecule has 12 rings (SSSR count). The molecular weight excluding hydrogens is 955 g/mol. The average molecular weight is 1020 g/mol. The van der Waals surface area contributed by atoms with Crippen LogP contribution in [-0.4, -0.2) is 54.2 Å². The molecule has 10 heteroatoms. The van der Waals surface area contributed by atoms with Gasteiger partial charge in [0.05, 0.1) is 17.1 Å². The molecule has 67 heavy (non-hydrogen) atoms. The first kappa shape index (κ1) is 46.8. The van der Waals surface area contributed by atoms with Gasteiger partial charge in [0.15, 0.2) is 0 Å². The van der Waals surface area contributed by atoms with Gasteiger partial charge in [-0.2, -0.15) is 0 Å². The van der Waals surface area contributed by atoms with Crippen LogP contribution in [0.5, 0.6) is 0 Å². The summed E-state index contributed by atoms with van der Waals surface area (Å²) >= 11 is 22.3. The lowest BCUT2D eigenvalue weighted by molar-refractivity contribution is 0.338. The van der Waals surface area contributed by atoms with Crippen molar-refractivity contribution in [2.75, 3.05) is 39.3 Å². The second kappa shape index (κ2) is 21.8. The number of nitrogens with zero attached hydrogens (tertiary/aromatic N) is 3. The summed E-state index contributed by atoms with van der Waals surface area (Å²) in [5, 5.41) is 12.9. The van der Waals surface area contributed by atoms with Gasteiger partial charge in [0.25, 0.3) is 0 Å². The molecule has 3 aliphatic heterocycles. The molecule has 0 bridgehead atoms. The smallest absolute Gasteiger partial charge is 0.0739 e. The molecule has 2 unspecified atom stereocenters. The molecule has 3 fully saturated rings. The summed E-state index contributed by atoms with van der Waals surface area (Å²) in [6, 6.07) is 30.1. The number of piperidine rings is 3.